The van der Waals surface area contributed by atoms with Crippen LogP contribution >= 0.6 is 0 Å². The van der Waals surface area contributed by atoms with Crippen LogP contribution in [0.15, 0.2) is 48.6 Å². The Balaban J connectivity index is 3.63. The van der Waals surface area contributed by atoms with Crippen molar-refractivity contribution in [3.63, 3.8) is 0 Å². The third-order valence-electron chi connectivity index (χ3n) is 9.53. The van der Waals surface area contributed by atoms with Crippen LogP contribution in [0.5, 0.6) is 0 Å². The molecule has 0 rings (SSSR count). The lowest BCUT2D eigenvalue weighted by molar-refractivity contribution is -0.123. The highest BCUT2D eigenvalue weighted by Gasteiger charge is 2.17. The van der Waals surface area contributed by atoms with E-state index >= 15 is 0 Å². The van der Waals surface area contributed by atoms with Gasteiger partial charge in [-0.3, -0.25) is 4.79 Å². The topological polar surface area (TPSA) is 69.6 Å². The van der Waals surface area contributed by atoms with Crippen LogP contribution in [0.4, 0.5) is 0 Å². The fourth-order valence-corrected chi connectivity index (χ4v) is 6.22. The van der Waals surface area contributed by atoms with Gasteiger partial charge in [0, 0.05) is 6.42 Å². The van der Waals surface area contributed by atoms with E-state index in [0.717, 1.165) is 38.5 Å². The van der Waals surface area contributed by atoms with E-state index in [2.05, 4.69) is 55.6 Å². The normalized spacial score (nSPS) is 13.5. The summed E-state index contributed by atoms with van der Waals surface area (Å²) in [5, 5.41) is 23.0. The van der Waals surface area contributed by atoms with Crippen LogP contribution in [0.2, 0.25) is 0 Å². The summed E-state index contributed by atoms with van der Waals surface area (Å²) < 4.78 is 0. The zero-order chi connectivity index (χ0) is 35.7. The predicted molar refractivity (Wildman–Crippen MR) is 216 cm³/mol. The smallest absolute Gasteiger partial charge is 0.220 e. The van der Waals surface area contributed by atoms with E-state index in [1.807, 2.05) is 6.08 Å². The average molecular weight is 686 g/mol. The highest BCUT2D eigenvalue weighted by atomic mass is 16.3. The summed E-state index contributed by atoms with van der Waals surface area (Å²) in [6.45, 7) is 4.27. The maximum Gasteiger partial charge on any atom is 0.220 e. The molecule has 2 unspecified atom stereocenters. The second kappa shape index (κ2) is 40.8. The third kappa shape index (κ3) is 37.4. The zero-order valence-electron chi connectivity index (χ0n) is 32.7. The summed E-state index contributed by atoms with van der Waals surface area (Å²) in [5.74, 6) is -0.0794. The SMILES string of the molecule is CCCCC/C=C\C/C=C\CCCCCCCCCCCC(=O)NC(CO)C(O)/C=C/CC/C=C/CCCCCCCCCCCCCC. The fourth-order valence-electron chi connectivity index (χ4n) is 6.22. The number of hydrogen-bond acceptors (Lipinski definition) is 3. The molecule has 0 saturated heterocycles. The van der Waals surface area contributed by atoms with Gasteiger partial charge >= 0.3 is 0 Å². The number of carbonyl (C=O) groups is 1. The van der Waals surface area contributed by atoms with Crippen LogP contribution in [-0.2, 0) is 4.79 Å². The maximum absolute atomic E-state index is 12.4. The molecule has 4 heteroatoms. The van der Waals surface area contributed by atoms with E-state index in [0.29, 0.717) is 6.42 Å². The molecule has 0 aliphatic rings. The Labute approximate surface area is 305 Å². The van der Waals surface area contributed by atoms with Gasteiger partial charge in [-0.05, 0) is 64.2 Å². The number of allylic oxidation sites excluding steroid dienone is 7. The number of amides is 1. The highest BCUT2D eigenvalue weighted by molar-refractivity contribution is 5.76. The van der Waals surface area contributed by atoms with Crippen molar-refractivity contribution < 1.29 is 15.0 Å². The summed E-state index contributed by atoms with van der Waals surface area (Å²) in [6.07, 6.45) is 54.9. The van der Waals surface area contributed by atoms with Gasteiger partial charge in [0.05, 0.1) is 18.8 Å². The molecule has 0 spiro atoms. The first-order valence-electron chi connectivity index (χ1n) is 21.4. The summed E-state index contributed by atoms with van der Waals surface area (Å²) >= 11 is 0. The lowest BCUT2D eigenvalue weighted by Gasteiger charge is -2.19. The molecule has 0 bridgehead atoms. The Morgan fingerprint density at radius 1 is 0.490 bits per heavy atom. The molecule has 4 nitrogen and oxygen atoms in total. The van der Waals surface area contributed by atoms with Crippen molar-refractivity contribution >= 4 is 5.91 Å². The van der Waals surface area contributed by atoms with E-state index in [9.17, 15) is 15.0 Å². The Morgan fingerprint density at radius 3 is 1.35 bits per heavy atom. The van der Waals surface area contributed by atoms with Gasteiger partial charge in [0.2, 0.25) is 5.91 Å². The summed E-state index contributed by atoms with van der Waals surface area (Å²) in [6, 6.07) is -0.641. The second-order valence-corrected chi connectivity index (χ2v) is 14.4. The molecule has 0 saturated carbocycles. The molecular weight excluding hydrogens is 602 g/mol. The van der Waals surface area contributed by atoms with Gasteiger partial charge < -0.3 is 15.5 Å². The lowest BCUT2D eigenvalue weighted by atomic mass is 10.0. The quantitative estimate of drug-likeness (QED) is 0.0447. The van der Waals surface area contributed by atoms with Gasteiger partial charge in [0.1, 0.15) is 0 Å². The molecule has 0 heterocycles. The minimum absolute atomic E-state index is 0.0794. The van der Waals surface area contributed by atoms with Gasteiger partial charge in [0.25, 0.3) is 0 Å². The van der Waals surface area contributed by atoms with Crippen LogP contribution in [0.1, 0.15) is 213 Å². The number of aliphatic hydroxyl groups is 2. The Morgan fingerprint density at radius 2 is 0.857 bits per heavy atom. The van der Waals surface area contributed by atoms with E-state index in [1.54, 1.807) is 6.08 Å². The van der Waals surface area contributed by atoms with Crippen molar-refractivity contribution in [3.8, 4) is 0 Å². The van der Waals surface area contributed by atoms with Crippen molar-refractivity contribution in [2.45, 2.75) is 225 Å². The number of carbonyl (C=O) groups excluding carboxylic acids is 1. The van der Waals surface area contributed by atoms with Crippen molar-refractivity contribution in [3.05, 3.63) is 48.6 Å². The van der Waals surface area contributed by atoms with Gasteiger partial charge in [-0.25, -0.2) is 0 Å². The second-order valence-electron chi connectivity index (χ2n) is 14.4. The molecule has 0 aliphatic carbocycles. The van der Waals surface area contributed by atoms with Gasteiger partial charge in [0.15, 0.2) is 0 Å². The van der Waals surface area contributed by atoms with Crippen LogP contribution in [0.3, 0.4) is 0 Å². The molecule has 1 amide bonds. The number of aliphatic hydroxyl groups excluding tert-OH is 2. The first kappa shape index (κ1) is 47.4. The first-order chi connectivity index (χ1) is 24.2. The van der Waals surface area contributed by atoms with Gasteiger partial charge in [-0.2, -0.15) is 0 Å². The fraction of sp³-hybridized carbons (Fsp3) is 0.800. The molecule has 0 aliphatic heterocycles. The molecule has 0 radical (unpaired) electrons. The Bertz CT molecular complexity index is 786. The average Bonchev–Trinajstić information content (AvgIpc) is 3.10. The number of nitrogens with one attached hydrogen (secondary N) is 1. The van der Waals surface area contributed by atoms with Crippen LogP contribution < -0.4 is 5.32 Å². The van der Waals surface area contributed by atoms with E-state index in [-0.39, 0.29) is 12.5 Å². The minimum Gasteiger partial charge on any atom is -0.394 e. The molecular formula is C45H83NO3. The van der Waals surface area contributed by atoms with E-state index < -0.39 is 12.1 Å². The predicted octanol–water partition coefficient (Wildman–Crippen LogP) is 13.2. The minimum atomic E-state index is -0.864. The lowest BCUT2D eigenvalue weighted by Crippen LogP contribution is -2.45. The molecule has 0 aromatic carbocycles. The third-order valence-corrected chi connectivity index (χ3v) is 9.53. The molecule has 3 N–H and O–H groups in total. The van der Waals surface area contributed by atoms with E-state index in [4.69, 9.17) is 0 Å². The van der Waals surface area contributed by atoms with Crippen LogP contribution in [-0.4, -0.2) is 34.9 Å². The standard InChI is InChI=1S/C45H83NO3/c1-3-5-7-9-11-13-15-17-19-21-23-25-27-29-31-33-35-37-39-41-45(49)46-43(42-47)44(48)40-38-36-34-32-30-28-26-24-22-20-18-16-14-12-10-8-6-4-2/h11,13,17,19,30,32,38,40,43-44,47-48H,3-10,12,14-16,18,20-29,31,33-37,39,41-42H2,1-2H3,(H,46,49)/b13-11-,19-17-,32-30+,40-38+. The van der Waals surface area contributed by atoms with Crippen molar-refractivity contribution in [1.29, 1.82) is 0 Å². The molecule has 0 aromatic heterocycles. The number of hydrogen-bond donors (Lipinski definition) is 3. The summed E-state index contributed by atoms with van der Waals surface area (Å²) in [4.78, 5) is 12.4. The number of rotatable bonds is 38. The maximum atomic E-state index is 12.4. The monoisotopic (exact) mass is 686 g/mol. The molecule has 0 fully saturated rings. The number of unbranched alkanes of at least 4 members (excludes halogenated alkanes) is 25. The molecule has 2 atom stereocenters. The molecule has 49 heavy (non-hydrogen) atoms. The zero-order valence-corrected chi connectivity index (χ0v) is 32.7. The van der Waals surface area contributed by atoms with Crippen LogP contribution in [0, 0.1) is 0 Å². The first-order valence-corrected chi connectivity index (χ1v) is 21.4. The van der Waals surface area contributed by atoms with Crippen molar-refractivity contribution in [2.24, 2.45) is 0 Å². The van der Waals surface area contributed by atoms with Crippen LogP contribution in [0.25, 0.3) is 0 Å². The highest BCUT2D eigenvalue weighted by Crippen LogP contribution is 2.14. The molecule has 286 valence electrons. The summed E-state index contributed by atoms with van der Waals surface area (Å²) in [7, 11) is 0. The van der Waals surface area contributed by atoms with Crippen molar-refractivity contribution in [2.75, 3.05) is 6.61 Å². The van der Waals surface area contributed by atoms with Gasteiger partial charge in [-0.1, -0.05) is 191 Å². The Kier molecular flexibility index (Phi) is 39.4. The van der Waals surface area contributed by atoms with E-state index in [1.165, 1.54) is 154 Å². The molecule has 0 aromatic rings. The largest absolute Gasteiger partial charge is 0.394 e. The van der Waals surface area contributed by atoms with Crippen molar-refractivity contribution in [1.82, 2.24) is 5.32 Å². The summed E-state index contributed by atoms with van der Waals surface area (Å²) in [5.41, 5.74) is 0. The van der Waals surface area contributed by atoms with Gasteiger partial charge in [-0.15, -0.1) is 0 Å². The Hall–Kier alpha value is -1.65.